The number of hydrogen-bond donors (Lipinski definition) is 1. The first-order chi connectivity index (χ1) is 9.17. The van der Waals surface area contributed by atoms with Gasteiger partial charge in [0.25, 0.3) is 0 Å². The molecule has 1 aliphatic carbocycles. The SMILES string of the molecule is N#C/C(=C1C=C(Br)/C(=N\O)C=C/1Cl)c1ccccc1. The predicted octanol–water partition coefficient (Wildman–Crippen LogP) is 4.21. The lowest BCUT2D eigenvalue weighted by Crippen LogP contribution is -2.03. The number of nitriles is 1. The lowest BCUT2D eigenvalue weighted by molar-refractivity contribution is 0.320. The zero-order chi connectivity index (χ0) is 13.8. The second kappa shape index (κ2) is 5.87. The van der Waals surface area contributed by atoms with Gasteiger partial charge < -0.3 is 5.21 Å². The first kappa shape index (κ1) is 13.6. The van der Waals surface area contributed by atoms with Gasteiger partial charge in [0.15, 0.2) is 0 Å². The maximum atomic E-state index is 9.34. The molecule has 0 atom stereocenters. The molecule has 2 rings (SSSR count). The average Bonchev–Trinajstić information content (AvgIpc) is 2.44. The zero-order valence-electron chi connectivity index (χ0n) is 9.64. The highest BCUT2D eigenvalue weighted by Gasteiger charge is 2.18. The molecule has 94 valence electrons. The zero-order valence-corrected chi connectivity index (χ0v) is 12.0. The maximum Gasteiger partial charge on any atom is 0.118 e. The Hall–Kier alpha value is -1.83. The molecule has 0 saturated carbocycles. The van der Waals surface area contributed by atoms with Crippen molar-refractivity contribution in [3.63, 3.8) is 0 Å². The van der Waals surface area contributed by atoms with Gasteiger partial charge in [-0.05, 0) is 33.6 Å². The fourth-order valence-electron chi connectivity index (χ4n) is 1.69. The molecule has 0 spiro atoms. The highest BCUT2D eigenvalue weighted by atomic mass is 79.9. The van der Waals surface area contributed by atoms with Crippen LogP contribution in [0.2, 0.25) is 0 Å². The van der Waals surface area contributed by atoms with Crippen molar-refractivity contribution in [2.24, 2.45) is 5.16 Å². The van der Waals surface area contributed by atoms with Crippen LogP contribution in [0.4, 0.5) is 0 Å². The normalized spacial score (nSPS) is 19.5. The topological polar surface area (TPSA) is 56.4 Å². The Bertz CT molecular complexity index is 666. The van der Waals surface area contributed by atoms with E-state index in [4.69, 9.17) is 16.8 Å². The van der Waals surface area contributed by atoms with Gasteiger partial charge >= 0.3 is 0 Å². The number of nitrogens with zero attached hydrogens (tertiary/aromatic N) is 2. The Morgan fingerprint density at radius 1 is 1.26 bits per heavy atom. The number of benzene rings is 1. The summed E-state index contributed by atoms with van der Waals surface area (Å²) in [5, 5.41) is 21.6. The molecule has 0 bridgehead atoms. The third kappa shape index (κ3) is 2.78. The van der Waals surface area contributed by atoms with Gasteiger partial charge in [-0.3, -0.25) is 0 Å². The molecular weight excluding hydrogens is 328 g/mol. The molecule has 1 aromatic carbocycles. The summed E-state index contributed by atoms with van der Waals surface area (Å²) in [6, 6.07) is 11.4. The summed E-state index contributed by atoms with van der Waals surface area (Å²) in [4.78, 5) is 0. The minimum atomic E-state index is 0.319. The van der Waals surface area contributed by atoms with Gasteiger partial charge in [0, 0.05) is 10.1 Å². The first-order valence-corrected chi connectivity index (χ1v) is 6.51. The van der Waals surface area contributed by atoms with Crippen LogP contribution in [-0.4, -0.2) is 10.9 Å². The van der Waals surface area contributed by atoms with Crippen molar-refractivity contribution in [2.75, 3.05) is 0 Å². The van der Waals surface area contributed by atoms with Gasteiger partial charge in [0.1, 0.15) is 11.8 Å². The van der Waals surface area contributed by atoms with Gasteiger partial charge in [-0.25, -0.2) is 0 Å². The molecule has 0 amide bonds. The summed E-state index contributed by atoms with van der Waals surface area (Å²) in [6.07, 6.45) is 3.17. The molecule has 19 heavy (non-hydrogen) atoms. The lowest BCUT2D eigenvalue weighted by atomic mass is 9.97. The fraction of sp³-hybridized carbons (Fsp3) is 0. The Morgan fingerprint density at radius 2 is 1.95 bits per heavy atom. The summed E-state index contributed by atoms with van der Waals surface area (Å²) < 4.78 is 0.568. The molecule has 0 unspecified atom stereocenters. The highest BCUT2D eigenvalue weighted by molar-refractivity contribution is 9.12. The molecular formula is C14H8BrClN2O. The van der Waals surface area contributed by atoms with E-state index >= 15 is 0 Å². The number of oxime groups is 1. The number of allylic oxidation sites excluding steroid dienone is 6. The molecule has 0 radical (unpaired) electrons. The Morgan fingerprint density at radius 3 is 2.53 bits per heavy atom. The molecule has 0 aromatic heterocycles. The van der Waals surface area contributed by atoms with Crippen molar-refractivity contribution in [1.29, 1.82) is 5.26 Å². The monoisotopic (exact) mass is 334 g/mol. The molecule has 3 nitrogen and oxygen atoms in total. The Kier molecular flexibility index (Phi) is 4.20. The predicted molar refractivity (Wildman–Crippen MR) is 79.1 cm³/mol. The van der Waals surface area contributed by atoms with Gasteiger partial charge in [-0.1, -0.05) is 47.1 Å². The van der Waals surface area contributed by atoms with Gasteiger partial charge in [0.05, 0.1) is 10.6 Å². The number of halogens is 2. The summed E-state index contributed by atoms with van der Waals surface area (Å²) in [5.74, 6) is 0. The van der Waals surface area contributed by atoms with E-state index in [0.29, 0.717) is 26.4 Å². The van der Waals surface area contributed by atoms with Crippen LogP contribution in [0.3, 0.4) is 0 Å². The average molecular weight is 336 g/mol. The largest absolute Gasteiger partial charge is 0.410 e. The van der Waals surface area contributed by atoms with Crippen LogP contribution in [0, 0.1) is 11.3 Å². The van der Waals surface area contributed by atoms with Crippen molar-refractivity contribution in [1.82, 2.24) is 0 Å². The third-order valence-electron chi connectivity index (χ3n) is 2.59. The minimum Gasteiger partial charge on any atom is -0.410 e. The van der Waals surface area contributed by atoms with Crippen molar-refractivity contribution < 1.29 is 5.21 Å². The van der Waals surface area contributed by atoms with Gasteiger partial charge in [-0.2, -0.15) is 5.26 Å². The second-order valence-electron chi connectivity index (χ2n) is 3.74. The second-order valence-corrected chi connectivity index (χ2v) is 5.00. The summed E-state index contributed by atoms with van der Waals surface area (Å²) >= 11 is 9.42. The van der Waals surface area contributed by atoms with E-state index in [0.717, 1.165) is 5.56 Å². The van der Waals surface area contributed by atoms with Crippen LogP contribution in [-0.2, 0) is 0 Å². The van der Waals surface area contributed by atoms with Gasteiger partial charge in [-0.15, -0.1) is 0 Å². The van der Waals surface area contributed by atoms with Crippen molar-refractivity contribution in [3.05, 3.63) is 63.1 Å². The number of hydrogen-bond acceptors (Lipinski definition) is 3. The standard InChI is InChI=1S/C14H8BrClN2O/c15-12-6-10(13(16)7-14(12)18-19)11(8-17)9-4-2-1-3-5-9/h1-7,19H/b11-10+,18-14-. The van der Waals surface area contributed by atoms with E-state index in [1.54, 1.807) is 6.08 Å². The maximum absolute atomic E-state index is 9.34. The molecule has 1 aliphatic rings. The quantitative estimate of drug-likeness (QED) is 0.475. The fourth-order valence-corrected chi connectivity index (χ4v) is 2.36. The van der Waals surface area contributed by atoms with Crippen LogP contribution in [0.15, 0.2) is 62.7 Å². The van der Waals surface area contributed by atoms with E-state index in [1.165, 1.54) is 6.08 Å². The van der Waals surface area contributed by atoms with Crippen LogP contribution in [0.5, 0.6) is 0 Å². The van der Waals surface area contributed by atoms with Crippen LogP contribution in [0.1, 0.15) is 5.56 Å². The first-order valence-electron chi connectivity index (χ1n) is 5.34. The highest BCUT2D eigenvalue weighted by Crippen LogP contribution is 2.32. The molecule has 0 fully saturated rings. The van der Waals surface area contributed by atoms with E-state index in [1.807, 2.05) is 30.3 Å². The third-order valence-corrected chi connectivity index (χ3v) is 3.54. The number of rotatable bonds is 1. The van der Waals surface area contributed by atoms with Crippen molar-refractivity contribution in [2.45, 2.75) is 0 Å². The minimum absolute atomic E-state index is 0.319. The molecule has 5 heteroatoms. The van der Waals surface area contributed by atoms with E-state index in [-0.39, 0.29) is 0 Å². The Labute approximate surface area is 123 Å². The molecule has 1 aromatic rings. The van der Waals surface area contributed by atoms with Crippen molar-refractivity contribution >= 4 is 38.8 Å². The van der Waals surface area contributed by atoms with Crippen LogP contribution in [0.25, 0.3) is 5.57 Å². The summed E-state index contributed by atoms with van der Waals surface area (Å²) in [7, 11) is 0. The smallest absolute Gasteiger partial charge is 0.118 e. The van der Waals surface area contributed by atoms with E-state index in [9.17, 15) is 5.26 Å². The Balaban J connectivity index is 2.62. The van der Waals surface area contributed by atoms with Crippen LogP contribution >= 0.6 is 27.5 Å². The summed E-state index contributed by atoms with van der Waals surface area (Å²) in [5.41, 5.74) is 2.16. The molecule has 0 heterocycles. The van der Waals surface area contributed by atoms with Crippen LogP contribution < -0.4 is 0 Å². The van der Waals surface area contributed by atoms with E-state index in [2.05, 4.69) is 27.2 Å². The molecule has 0 saturated heterocycles. The van der Waals surface area contributed by atoms with Crippen molar-refractivity contribution in [3.8, 4) is 6.07 Å². The van der Waals surface area contributed by atoms with Gasteiger partial charge in [0.2, 0.25) is 0 Å². The molecule has 0 aliphatic heterocycles. The van der Waals surface area contributed by atoms with E-state index < -0.39 is 0 Å². The molecule has 1 N–H and O–H groups in total. The lowest BCUT2D eigenvalue weighted by Gasteiger charge is -2.12. The summed E-state index contributed by atoms with van der Waals surface area (Å²) in [6.45, 7) is 0.